The molecule has 0 spiro atoms. The molecule has 4 rings (SSSR count). The van der Waals surface area contributed by atoms with Gasteiger partial charge in [-0.2, -0.15) is 5.26 Å². The third-order valence-electron chi connectivity index (χ3n) is 5.20. The highest BCUT2D eigenvalue weighted by atomic mass is 32.2. The lowest BCUT2D eigenvalue weighted by molar-refractivity contribution is -0.128. The first-order valence-corrected chi connectivity index (χ1v) is 10.5. The average Bonchev–Trinajstić information content (AvgIpc) is 3.03. The Balaban J connectivity index is 1.67. The molecule has 0 saturated carbocycles. The van der Waals surface area contributed by atoms with Crippen molar-refractivity contribution < 1.29 is 9.59 Å². The molecule has 2 heterocycles. The SMILES string of the molecule is CN1C(=O)C(C)(C(=O)Nc2sc3c(c2C#N)CCCC3)Sc2ccccc21. The summed E-state index contributed by atoms with van der Waals surface area (Å²) in [7, 11) is 1.69. The van der Waals surface area contributed by atoms with Crippen LogP contribution in [0.1, 0.15) is 35.8 Å². The van der Waals surface area contributed by atoms with E-state index >= 15 is 0 Å². The van der Waals surface area contributed by atoms with E-state index in [0.717, 1.165) is 41.8 Å². The third kappa shape index (κ3) is 2.84. The maximum Gasteiger partial charge on any atom is 0.252 e. The lowest BCUT2D eigenvalue weighted by atomic mass is 9.96. The van der Waals surface area contributed by atoms with Crippen LogP contribution < -0.4 is 10.2 Å². The molecule has 1 atom stereocenters. The van der Waals surface area contributed by atoms with Crippen LogP contribution in [0.4, 0.5) is 10.7 Å². The van der Waals surface area contributed by atoms with Crippen molar-refractivity contribution in [1.82, 2.24) is 0 Å². The summed E-state index contributed by atoms with van der Waals surface area (Å²) in [5, 5.41) is 13.1. The molecule has 2 aliphatic rings. The van der Waals surface area contributed by atoms with Gasteiger partial charge >= 0.3 is 0 Å². The van der Waals surface area contributed by atoms with Crippen LogP contribution in [0.25, 0.3) is 0 Å². The fourth-order valence-corrected chi connectivity index (χ4v) is 6.15. The second kappa shape index (κ2) is 6.70. The second-order valence-corrected chi connectivity index (χ2v) is 9.51. The van der Waals surface area contributed by atoms with E-state index in [1.807, 2.05) is 24.3 Å². The minimum absolute atomic E-state index is 0.261. The molecule has 5 nitrogen and oxygen atoms in total. The molecule has 138 valence electrons. The molecule has 1 N–H and O–H groups in total. The van der Waals surface area contributed by atoms with Crippen molar-refractivity contribution in [1.29, 1.82) is 5.26 Å². The van der Waals surface area contributed by atoms with Gasteiger partial charge in [0.2, 0.25) is 0 Å². The Kier molecular flexibility index (Phi) is 4.49. The lowest BCUT2D eigenvalue weighted by Gasteiger charge is -2.36. The van der Waals surface area contributed by atoms with Crippen molar-refractivity contribution in [2.24, 2.45) is 0 Å². The Morgan fingerprint density at radius 3 is 2.81 bits per heavy atom. The summed E-state index contributed by atoms with van der Waals surface area (Å²) in [6.45, 7) is 1.65. The van der Waals surface area contributed by atoms with Gasteiger partial charge in [0.15, 0.2) is 4.75 Å². The molecule has 1 aliphatic carbocycles. The first-order chi connectivity index (χ1) is 13.0. The quantitative estimate of drug-likeness (QED) is 0.779. The maximum absolute atomic E-state index is 13.2. The number of para-hydroxylation sites is 1. The molecule has 0 radical (unpaired) electrons. The summed E-state index contributed by atoms with van der Waals surface area (Å²) in [5.74, 6) is -0.641. The highest BCUT2D eigenvalue weighted by molar-refractivity contribution is 8.02. The van der Waals surface area contributed by atoms with E-state index < -0.39 is 4.75 Å². The number of carbonyl (C=O) groups excluding carboxylic acids is 2. The van der Waals surface area contributed by atoms with Gasteiger partial charge < -0.3 is 10.2 Å². The standard InChI is InChI=1S/C20H19N3O2S2/c1-20(19(25)23(2)14-8-4-6-10-16(14)27-20)18(24)22-17-13(11-21)12-7-3-5-9-15(12)26-17/h4,6,8,10H,3,5,7,9H2,1-2H3,(H,22,24). The molecular weight excluding hydrogens is 378 g/mol. The Bertz CT molecular complexity index is 992. The minimum atomic E-state index is -1.28. The molecule has 0 saturated heterocycles. The topological polar surface area (TPSA) is 73.2 Å². The van der Waals surface area contributed by atoms with Crippen LogP contribution in [0, 0.1) is 11.3 Å². The monoisotopic (exact) mass is 397 g/mol. The van der Waals surface area contributed by atoms with Gasteiger partial charge in [-0.15, -0.1) is 11.3 Å². The molecule has 0 fully saturated rings. The second-order valence-electron chi connectivity index (χ2n) is 6.95. The number of benzene rings is 1. The van der Waals surface area contributed by atoms with Gasteiger partial charge in [0, 0.05) is 16.8 Å². The number of amides is 2. The van der Waals surface area contributed by atoms with Gasteiger partial charge in [-0.3, -0.25) is 9.59 Å². The molecule has 7 heteroatoms. The number of thioether (sulfide) groups is 1. The third-order valence-corrected chi connectivity index (χ3v) is 7.74. The number of aryl methyl sites for hydroxylation is 1. The van der Waals surface area contributed by atoms with Crippen molar-refractivity contribution in [3.05, 3.63) is 40.3 Å². The molecule has 27 heavy (non-hydrogen) atoms. The number of thiophene rings is 1. The molecule has 2 amide bonds. The van der Waals surface area contributed by atoms with Crippen molar-refractivity contribution >= 4 is 45.6 Å². The average molecular weight is 398 g/mol. The number of fused-ring (bicyclic) bond motifs is 2. The smallest absolute Gasteiger partial charge is 0.252 e. The number of hydrogen-bond donors (Lipinski definition) is 1. The van der Waals surface area contributed by atoms with Crippen LogP contribution in [-0.2, 0) is 22.4 Å². The summed E-state index contributed by atoms with van der Waals surface area (Å²) in [5.41, 5.74) is 2.44. The zero-order valence-corrected chi connectivity index (χ0v) is 16.8. The van der Waals surface area contributed by atoms with Crippen LogP contribution >= 0.6 is 23.1 Å². The molecule has 1 aromatic heterocycles. The van der Waals surface area contributed by atoms with E-state index in [-0.39, 0.29) is 11.8 Å². The summed E-state index contributed by atoms with van der Waals surface area (Å²) in [4.78, 5) is 29.7. The molecular formula is C20H19N3O2S2. The Labute approximate surface area is 166 Å². The fraction of sp³-hybridized carbons (Fsp3) is 0.350. The largest absolute Gasteiger partial charge is 0.315 e. The van der Waals surface area contributed by atoms with Gasteiger partial charge in [0.05, 0.1) is 11.3 Å². The molecule has 1 aliphatic heterocycles. The first-order valence-electron chi connectivity index (χ1n) is 8.88. The highest BCUT2D eigenvalue weighted by Gasteiger charge is 2.48. The Morgan fingerprint density at radius 2 is 2.04 bits per heavy atom. The molecule has 1 unspecified atom stereocenters. The number of nitrogens with one attached hydrogen (secondary N) is 1. The lowest BCUT2D eigenvalue weighted by Crippen LogP contribution is -2.53. The van der Waals surface area contributed by atoms with E-state index in [1.54, 1.807) is 14.0 Å². The van der Waals surface area contributed by atoms with Crippen molar-refractivity contribution in [2.75, 3.05) is 17.3 Å². The van der Waals surface area contributed by atoms with E-state index in [2.05, 4.69) is 11.4 Å². The van der Waals surface area contributed by atoms with Gasteiger partial charge in [0.25, 0.3) is 11.8 Å². The Morgan fingerprint density at radius 1 is 1.30 bits per heavy atom. The van der Waals surface area contributed by atoms with Gasteiger partial charge in [0.1, 0.15) is 11.1 Å². The number of nitriles is 1. The predicted octanol–water partition coefficient (Wildman–Crippen LogP) is 3.96. The molecule has 0 bridgehead atoms. The van der Waals surface area contributed by atoms with E-state index in [1.165, 1.54) is 32.9 Å². The summed E-state index contributed by atoms with van der Waals surface area (Å²) in [6.07, 6.45) is 4.01. The highest BCUT2D eigenvalue weighted by Crippen LogP contribution is 2.46. The number of nitrogens with zero attached hydrogens (tertiary/aromatic N) is 2. The van der Waals surface area contributed by atoms with Crippen molar-refractivity contribution in [2.45, 2.75) is 42.2 Å². The number of rotatable bonds is 2. The fourth-order valence-electron chi connectivity index (χ4n) is 3.65. The summed E-state index contributed by atoms with van der Waals surface area (Å²) in [6, 6.07) is 9.82. The van der Waals surface area contributed by atoms with Crippen LogP contribution in [0.2, 0.25) is 0 Å². The normalized spacial score (nSPS) is 21.2. The summed E-state index contributed by atoms with van der Waals surface area (Å²) >= 11 is 2.74. The first kappa shape index (κ1) is 18.1. The van der Waals surface area contributed by atoms with Crippen LogP contribution in [0.15, 0.2) is 29.2 Å². The van der Waals surface area contributed by atoms with Crippen LogP contribution in [0.5, 0.6) is 0 Å². The van der Waals surface area contributed by atoms with Gasteiger partial charge in [-0.05, 0) is 50.3 Å². The zero-order chi connectivity index (χ0) is 19.2. The minimum Gasteiger partial charge on any atom is -0.315 e. The number of carbonyl (C=O) groups is 2. The number of hydrogen-bond acceptors (Lipinski definition) is 5. The van der Waals surface area contributed by atoms with Crippen molar-refractivity contribution in [3.63, 3.8) is 0 Å². The molecule has 2 aromatic rings. The van der Waals surface area contributed by atoms with E-state index in [0.29, 0.717) is 10.6 Å². The van der Waals surface area contributed by atoms with Crippen molar-refractivity contribution in [3.8, 4) is 6.07 Å². The predicted molar refractivity (Wildman–Crippen MR) is 108 cm³/mol. The van der Waals surface area contributed by atoms with E-state index in [9.17, 15) is 14.9 Å². The molecule has 1 aromatic carbocycles. The van der Waals surface area contributed by atoms with Crippen LogP contribution in [-0.4, -0.2) is 23.6 Å². The number of anilines is 2. The maximum atomic E-state index is 13.2. The zero-order valence-electron chi connectivity index (χ0n) is 15.2. The van der Waals surface area contributed by atoms with Gasteiger partial charge in [-0.1, -0.05) is 23.9 Å². The van der Waals surface area contributed by atoms with E-state index in [4.69, 9.17) is 0 Å². The Hall–Kier alpha value is -2.30. The summed E-state index contributed by atoms with van der Waals surface area (Å²) < 4.78 is -1.28. The van der Waals surface area contributed by atoms with Gasteiger partial charge in [-0.25, -0.2) is 0 Å². The van der Waals surface area contributed by atoms with Crippen LogP contribution in [0.3, 0.4) is 0 Å².